The Labute approximate surface area is 174 Å². The summed E-state index contributed by atoms with van der Waals surface area (Å²) < 4.78 is 33.2. The summed E-state index contributed by atoms with van der Waals surface area (Å²) in [6.45, 7) is 7.97. The smallest absolute Gasteiger partial charge is 0.251 e. The first kappa shape index (κ1) is 22.2. The largest absolute Gasteiger partial charge is 0.377 e. The van der Waals surface area contributed by atoms with Crippen molar-refractivity contribution in [2.24, 2.45) is 5.92 Å². The van der Waals surface area contributed by atoms with Gasteiger partial charge in [0.1, 0.15) is 0 Å². The van der Waals surface area contributed by atoms with Crippen molar-refractivity contribution in [2.75, 3.05) is 32.8 Å². The number of benzene rings is 1. The Morgan fingerprint density at radius 3 is 2.86 bits per heavy atom. The van der Waals surface area contributed by atoms with Crippen LogP contribution < -0.4 is 10.0 Å². The molecule has 2 fully saturated rings. The summed E-state index contributed by atoms with van der Waals surface area (Å²) in [4.78, 5) is 15.1. The number of piperidine rings is 1. The number of carbonyl (C=O) groups is 1. The summed E-state index contributed by atoms with van der Waals surface area (Å²) in [6, 6.07) is 6.43. The second-order valence-corrected chi connectivity index (χ2v) is 10.1. The van der Waals surface area contributed by atoms with E-state index in [1.54, 1.807) is 12.1 Å². The third kappa shape index (κ3) is 6.25. The Hall–Kier alpha value is -1.48. The average Bonchev–Trinajstić information content (AvgIpc) is 3.24. The van der Waals surface area contributed by atoms with Crippen molar-refractivity contribution >= 4 is 15.9 Å². The standard InChI is InChI=1S/C21H33N3O4S/c1-16-6-4-10-24(15-16)17(2)13-22-21(25)18-7-3-9-20(12-18)29(26,27)23-14-19-8-5-11-28-19/h3,7,9,12,16-17,19,23H,4-6,8,10-11,13-15H2,1-2H3,(H,22,25). The van der Waals surface area contributed by atoms with Crippen LogP contribution in [0.3, 0.4) is 0 Å². The van der Waals surface area contributed by atoms with Crippen LogP contribution in [0.15, 0.2) is 29.2 Å². The second kappa shape index (κ2) is 10.0. The monoisotopic (exact) mass is 423 g/mol. The van der Waals surface area contributed by atoms with Crippen molar-refractivity contribution in [3.63, 3.8) is 0 Å². The van der Waals surface area contributed by atoms with Gasteiger partial charge in [-0.15, -0.1) is 0 Å². The summed E-state index contributed by atoms with van der Waals surface area (Å²) in [5, 5.41) is 2.95. The molecule has 7 nitrogen and oxygen atoms in total. The van der Waals surface area contributed by atoms with E-state index >= 15 is 0 Å². The Bertz CT molecular complexity index is 793. The maximum absolute atomic E-state index is 12.6. The van der Waals surface area contributed by atoms with Crippen LogP contribution in [0.4, 0.5) is 0 Å². The molecular formula is C21H33N3O4S. The van der Waals surface area contributed by atoms with Gasteiger partial charge in [0, 0.05) is 37.8 Å². The first-order valence-corrected chi connectivity index (χ1v) is 12.1. The number of hydrogen-bond donors (Lipinski definition) is 2. The Kier molecular flexibility index (Phi) is 7.67. The SMILES string of the molecule is CC1CCCN(C(C)CNC(=O)c2cccc(S(=O)(=O)NCC3CCCO3)c2)C1. The number of likely N-dealkylation sites (tertiary alicyclic amines) is 1. The molecule has 29 heavy (non-hydrogen) atoms. The first-order chi connectivity index (χ1) is 13.8. The number of carbonyl (C=O) groups excluding carboxylic acids is 1. The van der Waals surface area contributed by atoms with E-state index in [1.165, 1.54) is 25.0 Å². The highest BCUT2D eigenvalue weighted by Crippen LogP contribution is 2.18. The summed E-state index contributed by atoms with van der Waals surface area (Å²) >= 11 is 0. The van der Waals surface area contributed by atoms with Crippen LogP contribution >= 0.6 is 0 Å². The zero-order valence-corrected chi connectivity index (χ0v) is 18.2. The molecule has 3 atom stereocenters. The fourth-order valence-corrected chi connectivity index (χ4v) is 5.11. The number of rotatable bonds is 8. The van der Waals surface area contributed by atoms with Crippen LogP contribution in [0.5, 0.6) is 0 Å². The first-order valence-electron chi connectivity index (χ1n) is 10.6. The highest BCUT2D eigenvalue weighted by atomic mass is 32.2. The highest BCUT2D eigenvalue weighted by Gasteiger charge is 2.23. The van der Waals surface area contributed by atoms with Crippen molar-refractivity contribution in [2.45, 2.75) is 56.6 Å². The number of hydrogen-bond acceptors (Lipinski definition) is 5. The Morgan fingerprint density at radius 1 is 1.31 bits per heavy atom. The zero-order valence-electron chi connectivity index (χ0n) is 17.4. The lowest BCUT2D eigenvalue weighted by Crippen LogP contribution is -2.46. The Balaban J connectivity index is 1.55. The van der Waals surface area contributed by atoms with Gasteiger partial charge < -0.3 is 10.1 Å². The second-order valence-electron chi connectivity index (χ2n) is 8.32. The molecule has 3 unspecified atom stereocenters. The van der Waals surface area contributed by atoms with Gasteiger partial charge in [-0.2, -0.15) is 0 Å². The molecule has 2 aliphatic heterocycles. The van der Waals surface area contributed by atoms with Gasteiger partial charge in [-0.3, -0.25) is 9.69 Å². The summed E-state index contributed by atoms with van der Waals surface area (Å²) in [5.41, 5.74) is 0.351. The lowest BCUT2D eigenvalue weighted by atomic mass is 9.99. The van der Waals surface area contributed by atoms with Crippen LogP contribution in [-0.4, -0.2) is 64.2 Å². The molecule has 3 rings (SSSR count). The average molecular weight is 424 g/mol. The molecule has 162 valence electrons. The molecule has 0 radical (unpaired) electrons. The summed E-state index contributed by atoms with van der Waals surface area (Å²) in [7, 11) is -3.68. The molecule has 2 N–H and O–H groups in total. The van der Waals surface area contributed by atoms with E-state index in [2.05, 4.69) is 28.8 Å². The quantitative estimate of drug-likeness (QED) is 0.668. The summed E-state index contributed by atoms with van der Waals surface area (Å²) in [5.74, 6) is 0.434. The zero-order chi connectivity index (χ0) is 20.9. The molecule has 0 aromatic heterocycles. The minimum atomic E-state index is -3.68. The minimum Gasteiger partial charge on any atom is -0.377 e. The van der Waals surface area contributed by atoms with Gasteiger partial charge in [-0.25, -0.2) is 13.1 Å². The molecule has 1 aromatic carbocycles. The minimum absolute atomic E-state index is 0.0738. The van der Waals surface area contributed by atoms with E-state index in [0.717, 1.165) is 25.9 Å². The van der Waals surface area contributed by atoms with E-state index in [1.807, 2.05) is 0 Å². The van der Waals surface area contributed by atoms with Crippen molar-refractivity contribution in [3.8, 4) is 0 Å². The van der Waals surface area contributed by atoms with Crippen LogP contribution in [0, 0.1) is 5.92 Å². The van der Waals surface area contributed by atoms with E-state index in [4.69, 9.17) is 4.74 Å². The van der Waals surface area contributed by atoms with Gasteiger partial charge in [0.15, 0.2) is 0 Å². The molecule has 0 spiro atoms. The van der Waals surface area contributed by atoms with Crippen molar-refractivity contribution < 1.29 is 17.9 Å². The molecule has 0 saturated carbocycles. The van der Waals surface area contributed by atoms with Gasteiger partial charge >= 0.3 is 0 Å². The molecular weight excluding hydrogens is 390 g/mol. The molecule has 2 saturated heterocycles. The van der Waals surface area contributed by atoms with Gasteiger partial charge in [0.25, 0.3) is 5.91 Å². The van der Waals surface area contributed by atoms with Crippen molar-refractivity contribution in [1.82, 2.24) is 14.9 Å². The lowest BCUT2D eigenvalue weighted by molar-refractivity contribution is 0.0917. The number of nitrogens with one attached hydrogen (secondary N) is 2. The number of amides is 1. The van der Waals surface area contributed by atoms with Crippen LogP contribution in [-0.2, 0) is 14.8 Å². The maximum Gasteiger partial charge on any atom is 0.251 e. The molecule has 1 aromatic rings. The van der Waals surface area contributed by atoms with E-state index < -0.39 is 10.0 Å². The Morgan fingerprint density at radius 2 is 2.14 bits per heavy atom. The van der Waals surface area contributed by atoms with Crippen LogP contribution in [0.2, 0.25) is 0 Å². The van der Waals surface area contributed by atoms with E-state index in [9.17, 15) is 13.2 Å². The molecule has 0 aliphatic carbocycles. The van der Waals surface area contributed by atoms with Crippen LogP contribution in [0.1, 0.15) is 49.9 Å². The summed E-state index contributed by atoms with van der Waals surface area (Å²) in [6.07, 6.45) is 4.20. The predicted molar refractivity (Wildman–Crippen MR) is 112 cm³/mol. The number of nitrogens with zero attached hydrogens (tertiary/aromatic N) is 1. The normalized spacial score (nSPS) is 24.3. The predicted octanol–water partition coefficient (Wildman–Crippen LogP) is 1.99. The van der Waals surface area contributed by atoms with Gasteiger partial charge in [0.2, 0.25) is 10.0 Å². The molecule has 2 aliphatic rings. The highest BCUT2D eigenvalue weighted by molar-refractivity contribution is 7.89. The van der Waals surface area contributed by atoms with Gasteiger partial charge in [-0.05, 0) is 63.3 Å². The van der Waals surface area contributed by atoms with E-state index in [-0.39, 0.29) is 29.5 Å². The van der Waals surface area contributed by atoms with Gasteiger partial charge in [0.05, 0.1) is 11.0 Å². The molecule has 2 heterocycles. The van der Waals surface area contributed by atoms with Crippen molar-refractivity contribution in [1.29, 1.82) is 0 Å². The van der Waals surface area contributed by atoms with E-state index in [0.29, 0.717) is 24.6 Å². The molecule has 1 amide bonds. The topological polar surface area (TPSA) is 87.7 Å². The third-order valence-corrected chi connectivity index (χ3v) is 7.22. The maximum atomic E-state index is 12.6. The van der Waals surface area contributed by atoms with Crippen LogP contribution in [0.25, 0.3) is 0 Å². The third-order valence-electron chi connectivity index (χ3n) is 5.80. The molecule has 8 heteroatoms. The fraction of sp³-hybridized carbons (Fsp3) is 0.667. The number of sulfonamides is 1. The van der Waals surface area contributed by atoms with Crippen molar-refractivity contribution in [3.05, 3.63) is 29.8 Å². The lowest BCUT2D eigenvalue weighted by Gasteiger charge is -2.35. The van der Waals surface area contributed by atoms with Gasteiger partial charge in [-0.1, -0.05) is 13.0 Å². The molecule has 0 bridgehead atoms. The fourth-order valence-electron chi connectivity index (χ4n) is 3.99. The number of ether oxygens (including phenoxy) is 1.